The van der Waals surface area contributed by atoms with Crippen LogP contribution < -0.4 is 5.01 Å². The normalized spacial score (nSPS) is 12.3. The van der Waals surface area contributed by atoms with Crippen molar-refractivity contribution in [3.8, 4) is 11.6 Å². The molecule has 1 aromatic carbocycles. The SMILES string of the molecule is CCOC(=O)c1cc2c(N(C(=O)OC(C)(C)C)N(C(=O)OC(C)(C)C)C(=O)OC(C)(C)C)nc(-c3ccc(C)o3)nc2n1S(=O)(=O)c1ccccc1. The fraction of sp³-hybridized carbons (Fsp3) is 0.429. The molecule has 0 saturated carbocycles. The summed E-state index contributed by atoms with van der Waals surface area (Å²) >= 11 is 0. The summed E-state index contributed by atoms with van der Waals surface area (Å²) in [4.78, 5) is 64.6. The van der Waals surface area contributed by atoms with Gasteiger partial charge in [0.05, 0.1) is 16.9 Å². The third kappa shape index (κ3) is 8.88. The number of fused-ring (bicyclic) bond motifs is 1. The summed E-state index contributed by atoms with van der Waals surface area (Å²) in [6.07, 6.45) is -4.09. The molecule has 3 aromatic heterocycles. The number of furan rings is 1. The van der Waals surface area contributed by atoms with Gasteiger partial charge in [-0.1, -0.05) is 18.2 Å². The number of hydrogen-bond acceptors (Lipinski definition) is 13. The minimum absolute atomic E-state index is 0.00780. The molecule has 0 aliphatic heterocycles. The van der Waals surface area contributed by atoms with Crippen molar-refractivity contribution >= 4 is 51.1 Å². The largest absolute Gasteiger partial charge is 0.461 e. The lowest BCUT2D eigenvalue weighted by molar-refractivity contribution is -0.00682. The number of hydrogen-bond donors (Lipinski definition) is 0. The van der Waals surface area contributed by atoms with Crippen molar-refractivity contribution < 1.29 is 51.0 Å². The molecule has 0 aliphatic rings. The number of ether oxygens (including phenoxy) is 4. The first kappa shape index (κ1) is 39.3. The zero-order valence-corrected chi connectivity index (χ0v) is 31.8. The number of imide groups is 1. The molecule has 4 rings (SSSR count). The number of amides is 3. The van der Waals surface area contributed by atoms with E-state index in [0.717, 1.165) is 6.07 Å². The summed E-state index contributed by atoms with van der Waals surface area (Å²) in [6.45, 7) is 16.9. The second-order valence-electron chi connectivity index (χ2n) is 14.4. The van der Waals surface area contributed by atoms with E-state index >= 15 is 0 Å². The summed E-state index contributed by atoms with van der Waals surface area (Å²) in [5.41, 5.74) is -4.58. The number of hydrazine groups is 1. The van der Waals surface area contributed by atoms with Crippen LogP contribution in [-0.4, -0.2) is 75.0 Å². The number of aryl methyl sites for hydroxylation is 1. The van der Waals surface area contributed by atoms with Gasteiger partial charge in [-0.05, 0) is 106 Å². The molecule has 0 N–H and O–H groups in total. The topological polar surface area (TPSA) is 190 Å². The van der Waals surface area contributed by atoms with E-state index in [9.17, 15) is 27.6 Å². The predicted octanol–water partition coefficient (Wildman–Crippen LogP) is 7.24. The minimum Gasteiger partial charge on any atom is -0.461 e. The minimum atomic E-state index is -4.64. The van der Waals surface area contributed by atoms with Crippen molar-refractivity contribution in [3.63, 3.8) is 0 Å². The van der Waals surface area contributed by atoms with Gasteiger partial charge in [0.2, 0.25) is 0 Å². The van der Waals surface area contributed by atoms with Crippen molar-refractivity contribution in [1.29, 1.82) is 0 Å². The van der Waals surface area contributed by atoms with Gasteiger partial charge in [-0.2, -0.15) is 5.01 Å². The Morgan fingerprint density at radius 1 is 0.788 bits per heavy atom. The predicted molar refractivity (Wildman–Crippen MR) is 188 cm³/mol. The molecule has 3 heterocycles. The Balaban J connectivity index is 2.23. The smallest absolute Gasteiger partial charge is 0.440 e. The van der Waals surface area contributed by atoms with Crippen molar-refractivity contribution in [2.75, 3.05) is 11.6 Å². The summed E-state index contributed by atoms with van der Waals surface area (Å²) in [5, 5.41) is 0.402. The van der Waals surface area contributed by atoms with Gasteiger partial charge in [0.1, 0.15) is 28.3 Å². The molecule has 16 nitrogen and oxygen atoms in total. The molecule has 0 aliphatic carbocycles. The van der Waals surface area contributed by atoms with Crippen molar-refractivity contribution in [1.82, 2.24) is 18.9 Å². The molecular formula is C35H43N5O11S. The molecule has 0 fully saturated rings. The van der Waals surface area contributed by atoms with E-state index in [1.807, 2.05) is 0 Å². The first-order valence-electron chi connectivity index (χ1n) is 16.2. The Morgan fingerprint density at radius 2 is 1.33 bits per heavy atom. The van der Waals surface area contributed by atoms with Crippen LogP contribution in [0.2, 0.25) is 0 Å². The van der Waals surface area contributed by atoms with Crippen LogP contribution in [0.1, 0.15) is 85.5 Å². The summed E-state index contributed by atoms with van der Waals surface area (Å²) < 4.78 is 57.2. The molecular weight excluding hydrogens is 698 g/mol. The fourth-order valence-electron chi connectivity index (χ4n) is 4.57. The molecule has 0 unspecified atom stereocenters. The van der Waals surface area contributed by atoms with Gasteiger partial charge < -0.3 is 23.4 Å². The molecule has 0 bridgehead atoms. The Hall–Kier alpha value is -5.45. The van der Waals surface area contributed by atoms with Crippen molar-refractivity contribution in [3.05, 3.63) is 60.0 Å². The van der Waals surface area contributed by atoms with E-state index in [-0.39, 0.29) is 33.5 Å². The van der Waals surface area contributed by atoms with Crippen LogP contribution >= 0.6 is 0 Å². The van der Waals surface area contributed by atoms with Crippen LogP contribution in [0.25, 0.3) is 22.6 Å². The maximum absolute atomic E-state index is 14.4. The number of aromatic nitrogens is 3. The maximum Gasteiger partial charge on any atom is 0.440 e. The van der Waals surface area contributed by atoms with Gasteiger partial charge in [-0.25, -0.2) is 41.5 Å². The summed E-state index contributed by atoms with van der Waals surface area (Å²) in [5.74, 6) is -1.51. The second kappa shape index (κ2) is 14.3. The van der Waals surface area contributed by atoms with E-state index in [4.69, 9.17) is 23.4 Å². The average molecular weight is 742 g/mol. The van der Waals surface area contributed by atoms with Gasteiger partial charge in [0, 0.05) is 0 Å². The molecule has 0 spiro atoms. The number of benzene rings is 1. The second-order valence-corrected chi connectivity index (χ2v) is 16.2. The quantitative estimate of drug-likeness (QED) is 0.109. The number of esters is 1. The van der Waals surface area contributed by atoms with E-state index in [1.165, 1.54) is 78.8 Å². The first-order valence-corrected chi connectivity index (χ1v) is 17.6. The number of carbonyl (C=O) groups excluding carboxylic acids is 4. The van der Waals surface area contributed by atoms with E-state index in [1.54, 1.807) is 39.8 Å². The molecule has 17 heteroatoms. The highest BCUT2D eigenvalue weighted by atomic mass is 32.2. The maximum atomic E-state index is 14.4. The van der Waals surface area contributed by atoms with E-state index < -0.39 is 68.2 Å². The molecule has 0 atom stereocenters. The van der Waals surface area contributed by atoms with Gasteiger partial charge in [0.15, 0.2) is 23.0 Å². The highest BCUT2D eigenvalue weighted by Crippen LogP contribution is 2.36. The van der Waals surface area contributed by atoms with Crippen LogP contribution in [0.4, 0.5) is 20.2 Å². The van der Waals surface area contributed by atoms with Crippen LogP contribution in [0.15, 0.2) is 57.8 Å². The third-order valence-electron chi connectivity index (χ3n) is 6.42. The lowest BCUT2D eigenvalue weighted by Crippen LogP contribution is -2.57. The van der Waals surface area contributed by atoms with Gasteiger partial charge in [0.25, 0.3) is 10.0 Å². The van der Waals surface area contributed by atoms with Crippen molar-refractivity contribution in [2.45, 2.75) is 97.9 Å². The van der Waals surface area contributed by atoms with Gasteiger partial charge in [-0.3, -0.25) is 0 Å². The fourth-order valence-corrected chi connectivity index (χ4v) is 6.03. The Labute approximate surface area is 301 Å². The van der Waals surface area contributed by atoms with Crippen molar-refractivity contribution in [2.24, 2.45) is 0 Å². The number of rotatable bonds is 6. The molecule has 4 aromatic rings. The average Bonchev–Trinajstić information content (AvgIpc) is 3.61. The van der Waals surface area contributed by atoms with Gasteiger partial charge in [-0.15, -0.1) is 5.01 Å². The highest BCUT2D eigenvalue weighted by molar-refractivity contribution is 7.90. The third-order valence-corrected chi connectivity index (χ3v) is 8.14. The van der Waals surface area contributed by atoms with Crippen LogP contribution in [0.3, 0.4) is 0 Å². The summed E-state index contributed by atoms with van der Waals surface area (Å²) in [7, 11) is -4.64. The van der Waals surface area contributed by atoms with Crippen LogP contribution in [0, 0.1) is 6.92 Å². The zero-order chi connectivity index (χ0) is 39.0. The van der Waals surface area contributed by atoms with Gasteiger partial charge >= 0.3 is 24.2 Å². The standard InChI is InChI=1S/C35H43N5O11S/c1-12-47-29(41)24-20-23-27(38(30(42)49-33(3,4)5)39(31(43)50-34(6,7)8)32(44)51-35(9,10)11)36-26(25-19-18-21(2)48-25)37-28(23)40(24)52(45,46)22-16-14-13-15-17-22/h13-20H,12H2,1-11H3. The Bertz CT molecular complexity index is 2070. The lowest BCUT2D eigenvalue weighted by atomic mass is 10.2. The lowest BCUT2D eigenvalue weighted by Gasteiger charge is -2.35. The molecule has 0 radical (unpaired) electrons. The monoisotopic (exact) mass is 741 g/mol. The Morgan fingerprint density at radius 3 is 1.81 bits per heavy atom. The summed E-state index contributed by atoms with van der Waals surface area (Å²) in [6, 6.07) is 11.4. The Kier molecular flexibility index (Phi) is 10.8. The molecule has 52 heavy (non-hydrogen) atoms. The zero-order valence-electron chi connectivity index (χ0n) is 31.0. The molecule has 280 valence electrons. The van der Waals surface area contributed by atoms with E-state index in [0.29, 0.717) is 14.7 Å². The van der Waals surface area contributed by atoms with E-state index in [2.05, 4.69) is 9.97 Å². The number of carbonyl (C=O) groups is 4. The highest BCUT2D eigenvalue weighted by Gasteiger charge is 2.44. The van der Waals surface area contributed by atoms with Crippen LogP contribution in [-0.2, 0) is 29.0 Å². The number of anilines is 1. The van der Waals surface area contributed by atoms with Crippen LogP contribution in [0.5, 0.6) is 0 Å². The molecule has 0 saturated heterocycles. The number of nitrogens with zero attached hydrogens (tertiary/aromatic N) is 5. The molecule has 3 amide bonds. The first-order chi connectivity index (χ1) is 23.9.